The van der Waals surface area contributed by atoms with Crippen LogP contribution in [0.5, 0.6) is 5.75 Å². The van der Waals surface area contributed by atoms with Crippen molar-refractivity contribution < 1.29 is 29.0 Å². The Morgan fingerprint density at radius 1 is 1.00 bits per heavy atom. The number of ether oxygens (including phenoxy) is 2. The number of carbonyl (C=O) groups is 3. The maximum Gasteiger partial charge on any atom is 0.253 e. The molecule has 258 valence electrons. The minimum absolute atomic E-state index is 0.111. The summed E-state index contributed by atoms with van der Waals surface area (Å²) in [5.41, 5.74) is 0.101. The van der Waals surface area contributed by atoms with Gasteiger partial charge < -0.3 is 29.3 Å². The van der Waals surface area contributed by atoms with Crippen LogP contribution >= 0.6 is 0 Å². The van der Waals surface area contributed by atoms with Crippen molar-refractivity contribution in [2.24, 2.45) is 17.8 Å². The lowest BCUT2D eigenvalue weighted by molar-refractivity contribution is -0.145. The smallest absolute Gasteiger partial charge is 0.253 e. The fourth-order valence-electron chi connectivity index (χ4n) is 8.29. The Kier molecular flexibility index (Phi) is 9.95. The molecule has 0 aromatic heterocycles. The Labute approximate surface area is 288 Å². The molecule has 3 heterocycles. The second-order valence-electron chi connectivity index (χ2n) is 13.4. The number of likely N-dealkylation sites (tertiary alicyclic amines) is 1. The highest BCUT2D eigenvalue weighted by Crippen LogP contribution is 2.60. The lowest BCUT2D eigenvalue weighted by Crippen LogP contribution is -2.60. The van der Waals surface area contributed by atoms with Crippen LogP contribution in [0.1, 0.15) is 40.0 Å². The highest BCUT2D eigenvalue weighted by molar-refractivity contribution is 6.07. The number of carbonyl (C=O) groups excluding carboxylic acids is 3. The van der Waals surface area contributed by atoms with E-state index in [4.69, 9.17) is 9.47 Å². The van der Waals surface area contributed by atoms with Crippen molar-refractivity contribution in [2.45, 2.75) is 63.8 Å². The molecule has 3 fully saturated rings. The van der Waals surface area contributed by atoms with Crippen molar-refractivity contribution in [1.29, 1.82) is 0 Å². The molecule has 3 aromatic rings. The molecule has 3 saturated heterocycles. The first-order valence-corrected chi connectivity index (χ1v) is 17.4. The van der Waals surface area contributed by atoms with Gasteiger partial charge in [0.25, 0.3) is 5.91 Å². The van der Waals surface area contributed by atoms with Gasteiger partial charge in [0.1, 0.15) is 17.4 Å². The van der Waals surface area contributed by atoms with Gasteiger partial charge in [-0.25, -0.2) is 0 Å². The molecule has 3 amide bonds. The van der Waals surface area contributed by atoms with Crippen LogP contribution in [0.2, 0.25) is 0 Å². The molecule has 3 aliphatic rings. The third kappa shape index (κ3) is 5.82. The minimum atomic E-state index is -1.23. The SMILES string of the molecule is C=CCN(C(=O)C1N([C@@H](CO)[C@@H](C)CC)C(=O)[C@@H]2[C@H](C(=O)N(CC=C)c3ccc(OCC)cc3)[C@@H]3CCC12O3)c1ccc2ccccc2c1. The Morgan fingerprint density at radius 3 is 2.29 bits per heavy atom. The molecule has 9 heteroatoms. The van der Waals surface area contributed by atoms with Gasteiger partial charge in [0.05, 0.1) is 37.2 Å². The molecule has 2 bridgehead atoms. The molecule has 2 unspecified atom stereocenters. The number of aliphatic hydroxyl groups excluding tert-OH is 1. The molecule has 49 heavy (non-hydrogen) atoms. The summed E-state index contributed by atoms with van der Waals surface area (Å²) in [4.78, 5) is 49.5. The van der Waals surface area contributed by atoms with E-state index in [0.29, 0.717) is 43.0 Å². The minimum Gasteiger partial charge on any atom is -0.494 e. The summed E-state index contributed by atoms with van der Waals surface area (Å²) >= 11 is 0. The number of anilines is 2. The fourth-order valence-corrected chi connectivity index (χ4v) is 8.29. The summed E-state index contributed by atoms with van der Waals surface area (Å²) in [5.74, 6) is -1.99. The van der Waals surface area contributed by atoms with Crippen molar-refractivity contribution >= 4 is 39.9 Å². The molecule has 6 rings (SSSR count). The second-order valence-corrected chi connectivity index (χ2v) is 13.4. The highest BCUT2D eigenvalue weighted by atomic mass is 16.5. The van der Waals surface area contributed by atoms with Crippen LogP contribution in [0.25, 0.3) is 10.8 Å². The number of benzene rings is 3. The van der Waals surface area contributed by atoms with E-state index in [-0.39, 0.29) is 43.3 Å². The van der Waals surface area contributed by atoms with E-state index in [9.17, 15) is 14.7 Å². The second kappa shape index (κ2) is 14.2. The maximum atomic E-state index is 15.1. The van der Waals surface area contributed by atoms with Gasteiger partial charge in [-0.05, 0) is 72.9 Å². The van der Waals surface area contributed by atoms with Crippen molar-refractivity contribution in [3.05, 3.63) is 92.0 Å². The van der Waals surface area contributed by atoms with Gasteiger partial charge in [0.2, 0.25) is 11.8 Å². The average Bonchev–Trinajstić information content (AvgIpc) is 3.77. The standard InChI is InChI=1S/C40H47N3O6/c1-6-22-41(29-16-18-31(19-17-29)48-9-4)37(45)34-33-20-21-40(49-33)35(34)38(46)43(32(25-44)26(5)8-3)36(40)39(47)42(23-7-2)30-15-14-27-12-10-11-13-28(27)24-30/h6-7,10-19,24,26,32-36,44H,1-2,8-9,20-23,25H2,3-5H3/t26-,32-,33-,34+,35-,36?,40?/m0/s1. The number of rotatable bonds is 14. The van der Waals surface area contributed by atoms with Crippen molar-refractivity contribution in [3.63, 3.8) is 0 Å². The van der Waals surface area contributed by atoms with Gasteiger partial charge in [-0.3, -0.25) is 14.4 Å². The third-order valence-corrected chi connectivity index (χ3v) is 10.8. The van der Waals surface area contributed by atoms with E-state index in [1.165, 1.54) is 0 Å². The first-order chi connectivity index (χ1) is 23.7. The number of nitrogens with zero attached hydrogens (tertiary/aromatic N) is 3. The van der Waals surface area contributed by atoms with Crippen LogP contribution in [0.4, 0.5) is 11.4 Å². The van der Waals surface area contributed by atoms with Gasteiger partial charge >= 0.3 is 0 Å². The molecule has 0 radical (unpaired) electrons. The molecule has 1 spiro atoms. The summed E-state index contributed by atoms with van der Waals surface area (Å²) in [7, 11) is 0. The monoisotopic (exact) mass is 665 g/mol. The van der Waals surface area contributed by atoms with Crippen LogP contribution in [-0.4, -0.2) is 77.8 Å². The molecule has 9 nitrogen and oxygen atoms in total. The van der Waals surface area contributed by atoms with Crippen LogP contribution < -0.4 is 14.5 Å². The third-order valence-electron chi connectivity index (χ3n) is 10.8. The molecule has 1 N–H and O–H groups in total. The quantitative estimate of drug-likeness (QED) is 0.220. The Bertz CT molecular complexity index is 1720. The molecular formula is C40H47N3O6. The average molecular weight is 666 g/mol. The number of hydrogen-bond acceptors (Lipinski definition) is 6. The number of amides is 3. The molecule has 0 saturated carbocycles. The van der Waals surface area contributed by atoms with Gasteiger partial charge in [0, 0.05) is 24.5 Å². The first kappa shape index (κ1) is 34.4. The predicted octanol–water partition coefficient (Wildman–Crippen LogP) is 5.76. The van der Waals surface area contributed by atoms with E-state index in [1.807, 2.05) is 87.5 Å². The van der Waals surface area contributed by atoms with Crippen molar-refractivity contribution in [1.82, 2.24) is 4.90 Å². The summed E-state index contributed by atoms with van der Waals surface area (Å²) in [6.45, 7) is 14.4. The normalized spacial score (nSPS) is 25.1. The molecule has 3 aliphatic heterocycles. The number of hydrogen-bond donors (Lipinski definition) is 1. The summed E-state index contributed by atoms with van der Waals surface area (Å²) in [5, 5.41) is 12.8. The van der Waals surface area contributed by atoms with E-state index >= 15 is 4.79 Å². The molecule has 7 atom stereocenters. The summed E-state index contributed by atoms with van der Waals surface area (Å²) in [6, 6.07) is 19.4. The predicted molar refractivity (Wildman–Crippen MR) is 191 cm³/mol. The Morgan fingerprint density at radius 2 is 1.65 bits per heavy atom. The van der Waals surface area contributed by atoms with Gasteiger partial charge in [0.15, 0.2) is 0 Å². The largest absolute Gasteiger partial charge is 0.494 e. The number of aliphatic hydroxyl groups is 1. The van der Waals surface area contributed by atoms with Gasteiger partial charge in [-0.2, -0.15) is 0 Å². The van der Waals surface area contributed by atoms with E-state index in [0.717, 1.165) is 10.8 Å². The lowest BCUT2D eigenvalue weighted by atomic mass is 9.70. The van der Waals surface area contributed by atoms with Crippen LogP contribution in [0.3, 0.4) is 0 Å². The maximum absolute atomic E-state index is 15.1. The summed E-state index contributed by atoms with van der Waals surface area (Å²) in [6.07, 6.45) is 4.48. The van der Waals surface area contributed by atoms with Gasteiger partial charge in [-0.1, -0.05) is 62.8 Å². The lowest BCUT2D eigenvalue weighted by Gasteiger charge is -2.41. The first-order valence-electron chi connectivity index (χ1n) is 17.4. The topological polar surface area (TPSA) is 99.6 Å². The van der Waals surface area contributed by atoms with E-state index in [1.54, 1.807) is 26.9 Å². The van der Waals surface area contributed by atoms with Crippen molar-refractivity contribution in [2.75, 3.05) is 36.1 Å². The van der Waals surface area contributed by atoms with Gasteiger partial charge in [-0.15, -0.1) is 13.2 Å². The number of fused-ring (bicyclic) bond motifs is 2. The zero-order valence-corrected chi connectivity index (χ0v) is 28.7. The van der Waals surface area contributed by atoms with Crippen LogP contribution in [-0.2, 0) is 19.1 Å². The Hall–Kier alpha value is -4.47. The fraction of sp³-hybridized carbons (Fsp3) is 0.425. The highest BCUT2D eigenvalue weighted by Gasteiger charge is 2.75. The molecule has 3 aromatic carbocycles. The molecule has 0 aliphatic carbocycles. The van der Waals surface area contributed by atoms with Crippen LogP contribution in [0, 0.1) is 17.8 Å². The zero-order valence-electron chi connectivity index (χ0n) is 28.7. The summed E-state index contributed by atoms with van der Waals surface area (Å²) < 4.78 is 12.4. The van der Waals surface area contributed by atoms with E-state index in [2.05, 4.69) is 13.2 Å². The zero-order chi connectivity index (χ0) is 34.9. The van der Waals surface area contributed by atoms with Crippen LogP contribution in [0.15, 0.2) is 92.0 Å². The van der Waals surface area contributed by atoms with Crippen molar-refractivity contribution in [3.8, 4) is 5.75 Å². The molecular weight excluding hydrogens is 618 g/mol. The van der Waals surface area contributed by atoms with E-state index < -0.39 is 35.6 Å². The Balaban J connectivity index is 1.43.